The second-order valence-electron chi connectivity index (χ2n) is 5.53. The zero-order valence-corrected chi connectivity index (χ0v) is 14.2. The number of carbonyl (C=O) groups is 1. The summed E-state index contributed by atoms with van der Waals surface area (Å²) in [5.41, 5.74) is 2.52. The van der Waals surface area contributed by atoms with Gasteiger partial charge in [-0.1, -0.05) is 41.6 Å². The second kappa shape index (κ2) is 7.61. The molecule has 1 amide bonds. The highest BCUT2D eigenvalue weighted by molar-refractivity contribution is 5.96. The fourth-order valence-corrected chi connectivity index (χ4v) is 2.50. The number of para-hydroxylation sites is 1. The van der Waals surface area contributed by atoms with E-state index in [2.05, 4.69) is 15.5 Å². The van der Waals surface area contributed by atoms with Crippen LogP contribution >= 0.6 is 0 Å². The number of aryl methyl sites for hydroxylation is 1. The van der Waals surface area contributed by atoms with Crippen molar-refractivity contribution in [3.63, 3.8) is 0 Å². The highest BCUT2D eigenvalue weighted by atomic mass is 16.5. The minimum Gasteiger partial charge on any atom is -0.496 e. The van der Waals surface area contributed by atoms with Gasteiger partial charge in [-0.15, -0.1) is 0 Å². The largest absolute Gasteiger partial charge is 0.496 e. The van der Waals surface area contributed by atoms with Crippen LogP contribution in [-0.4, -0.2) is 29.7 Å². The van der Waals surface area contributed by atoms with Crippen molar-refractivity contribution in [1.82, 2.24) is 15.5 Å². The molecule has 0 radical (unpaired) electrons. The monoisotopic (exact) mass is 337 g/mol. The zero-order valence-electron chi connectivity index (χ0n) is 14.2. The number of carbonyl (C=O) groups excluding carboxylic acids is 1. The molecular weight excluding hydrogens is 318 g/mol. The highest BCUT2D eigenvalue weighted by Gasteiger charge is 2.13. The fraction of sp³-hybridized carbons (Fsp3) is 0.211. The van der Waals surface area contributed by atoms with Crippen molar-refractivity contribution in [2.45, 2.75) is 13.3 Å². The van der Waals surface area contributed by atoms with Crippen LogP contribution < -0.4 is 10.1 Å². The minimum absolute atomic E-state index is 0.198. The van der Waals surface area contributed by atoms with Crippen LogP contribution in [0, 0.1) is 6.92 Å². The minimum atomic E-state index is -0.198. The van der Waals surface area contributed by atoms with E-state index in [0.29, 0.717) is 36.0 Å². The van der Waals surface area contributed by atoms with Crippen molar-refractivity contribution in [1.29, 1.82) is 0 Å². The quantitative estimate of drug-likeness (QED) is 0.748. The first kappa shape index (κ1) is 16.7. The Kier molecular flexibility index (Phi) is 5.09. The molecule has 6 heteroatoms. The van der Waals surface area contributed by atoms with Crippen LogP contribution in [0.15, 0.2) is 53.1 Å². The molecule has 25 heavy (non-hydrogen) atoms. The van der Waals surface area contributed by atoms with Gasteiger partial charge >= 0.3 is 0 Å². The summed E-state index contributed by atoms with van der Waals surface area (Å²) in [4.78, 5) is 16.6. The number of hydrogen-bond acceptors (Lipinski definition) is 5. The second-order valence-corrected chi connectivity index (χ2v) is 5.53. The smallest absolute Gasteiger partial charge is 0.255 e. The molecule has 1 N–H and O–H groups in total. The summed E-state index contributed by atoms with van der Waals surface area (Å²) < 4.78 is 10.5. The average Bonchev–Trinajstić information content (AvgIpc) is 3.10. The van der Waals surface area contributed by atoms with E-state index in [1.165, 1.54) is 7.11 Å². The fourth-order valence-electron chi connectivity index (χ4n) is 2.50. The summed E-state index contributed by atoms with van der Waals surface area (Å²) in [6.45, 7) is 2.39. The van der Waals surface area contributed by atoms with Crippen LogP contribution in [0.25, 0.3) is 11.4 Å². The van der Waals surface area contributed by atoms with Gasteiger partial charge in [-0.05, 0) is 24.6 Å². The van der Waals surface area contributed by atoms with E-state index >= 15 is 0 Å². The van der Waals surface area contributed by atoms with Gasteiger partial charge < -0.3 is 14.6 Å². The van der Waals surface area contributed by atoms with Crippen LogP contribution in [0.2, 0.25) is 0 Å². The van der Waals surface area contributed by atoms with Gasteiger partial charge in [0.1, 0.15) is 5.75 Å². The van der Waals surface area contributed by atoms with Gasteiger partial charge in [-0.25, -0.2) is 0 Å². The Morgan fingerprint density at radius 3 is 2.72 bits per heavy atom. The summed E-state index contributed by atoms with van der Waals surface area (Å²) in [7, 11) is 1.54. The van der Waals surface area contributed by atoms with E-state index in [9.17, 15) is 4.79 Å². The number of nitrogens with one attached hydrogen (secondary N) is 1. The molecule has 0 aliphatic heterocycles. The SMILES string of the molecule is COc1ccccc1C(=O)NCCc1nc(-c2ccccc2C)no1. The molecule has 3 rings (SSSR count). The molecule has 0 spiro atoms. The maximum Gasteiger partial charge on any atom is 0.255 e. The van der Waals surface area contributed by atoms with Gasteiger partial charge in [0.25, 0.3) is 5.91 Å². The molecule has 0 aliphatic carbocycles. The molecule has 0 saturated heterocycles. The summed E-state index contributed by atoms with van der Waals surface area (Å²) in [5.74, 6) is 1.39. The van der Waals surface area contributed by atoms with Gasteiger partial charge in [0.05, 0.1) is 12.7 Å². The van der Waals surface area contributed by atoms with Gasteiger partial charge in [-0.3, -0.25) is 4.79 Å². The molecule has 1 aromatic heterocycles. The molecule has 0 bridgehead atoms. The first-order valence-corrected chi connectivity index (χ1v) is 7.99. The summed E-state index contributed by atoms with van der Waals surface area (Å²) >= 11 is 0. The number of nitrogens with zero attached hydrogens (tertiary/aromatic N) is 2. The molecule has 0 fully saturated rings. The third kappa shape index (κ3) is 3.85. The van der Waals surface area contributed by atoms with Gasteiger partial charge in [0.15, 0.2) is 0 Å². The zero-order chi connectivity index (χ0) is 17.6. The number of benzene rings is 2. The van der Waals surface area contributed by atoms with E-state index in [0.717, 1.165) is 11.1 Å². The number of hydrogen-bond donors (Lipinski definition) is 1. The molecule has 0 saturated carbocycles. The molecule has 0 unspecified atom stereocenters. The van der Waals surface area contributed by atoms with E-state index in [1.54, 1.807) is 18.2 Å². The molecule has 0 atom stereocenters. The maximum absolute atomic E-state index is 12.2. The summed E-state index contributed by atoms with van der Waals surface area (Å²) in [6, 6.07) is 14.9. The predicted molar refractivity (Wildman–Crippen MR) is 93.5 cm³/mol. The molecule has 0 aliphatic rings. The number of ether oxygens (including phenoxy) is 1. The van der Waals surface area contributed by atoms with Crippen LogP contribution in [0.3, 0.4) is 0 Å². The standard InChI is InChI=1S/C19H19N3O3/c1-13-7-3-4-8-14(13)18-21-17(25-22-18)11-12-20-19(23)15-9-5-6-10-16(15)24-2/h3-10H,11-12H2,1-2H3,(H,20,23). The first-order valence-electron chi connectivity index (χ1n) is 7.99. The first-order chi connectivity index (χ1) is 12.2. The number of methoxy groups -OCH3 is 1. The Bertz CT molecular complexity index is 874. The lowest BCUT2D eigenvalue weighted by molar-refractivity contribution is 0.0950. The number of amides is 1. The average molecular weight is 337 g/mol. The number of rotatable bonds is 6. The van der Waals surface area contributed by atoms with E-state index in [-0.39, 0.29) is 5.91 Å². The Morgan fingerprint density at radius 1 is 1.16 bits per heavy atom. The lowest BCUT2D eigenvalue weighted by Crippen LogP contribution is -2.26. The third-order valence-corrected chi connectivity index (χ3v) is 3.83. The molecular formula is C19H19N3O3. The van der Waals surface area contributed by atoms with Crippen molar-refractivity contribution >= 4 is 5.91 Å². The molecule has 128 valence electrons. The van der Waals surface area contributed by atoms with Crippen molar-refractivity contribution < 1.29 is 14.1 Å². The van der Waals surface area contributed by atoms with Crippen molar-refractivity contribution in [3.8, 4) is 17.1 Å². The Morgan fingerprint density at radius 2 is 1.92 bits per heavy atom. The van der Waals surface area contributed by atoms with Crippen LogP contribution in [0.1, 0.15) is 21.8 Å². The Hall–Kier alpha value is -3.15. The van der Waals surface area contributed by atoms with Gasteiger partial charge in [0.2, 0.25) is 11.7 Å². The van der Waals surface area contributed by atoms with E-state index in [4.69, 9.17) is 9.26 Å². The highest BCUT2D eigenvalue weighted by Crippen LogP contribution is 2.20. The lowest BCUT2D eigenvalue weighted by atomic mass is 10.1. The summed E-state index contributed by atoms with van der Waals surface area (Å²) in [6.07, 6.45) is 0.458. The Labute approximate surface area is 145 Å². The van der Waals surface area contributed by atoms with Crippen molar-refractivity contribution in [3.05, 3.63) is 65.5 Å². The van der Waals surface area contributed by atoms with E-state index < -0.39 is 0 Å². The number of aromatic nitrogens is 2. The van der Waals surface area contributed by atoms with Crippen molar-refractivity contribution in [2.75, 3.05) is 13.7 Å². The lowest BCUT2D eigenvalue weighted by Gasteiger charge is -2.08. The molecule has 3 aromatic rings. The van der Waals surface area contributed by atoms with Crippen LogP contribution in [0.4, 0.5) is 0 Å². The van der Waals surface area contributed by atoms with Crippen LogP contribution in [0.5, 0.6) is 5.75 Å². The maximum atomic E-state index is 12.2. The van der Waals surface area contributed by atoms with Gasteiger partial charge in [-0.2, -0.15) is 4.98 Å². The Balaban J connectivity index is 1.60. The predicted octanol–water partition coefficient (Wildman–Crippen LogP) is 3.03. The molecule has 2 aromatic carbocycles. The van der Waals surface area contributed by atoms with E-state index in [1.807, 2.05) is 37.3 Å². The van der Waals surface area contributed by atoms with Gasteiger partial charge in [0, 0.05) is 18.5 Å². The molecule has 6 nitrogen and oxygen atoms in total. The third-order valence-electron chi connectivity index (χ3n) is 3.83. The summed E-state index contributed by atoms with van der Waals surface area (Å²) in [5, 5.41) is 6.85. The molecule has 1 heterocycles. The van der Waals surface area contributed by atoms with Crippen LogP contribution in [-0.2, 0) is 6.42 Å². The normalized spacial score (nSPS) is 10.5. The van der Waals surface area contributed by atoms with Crippen molar-refractivity contribution in [2.24, 2.45) is 0 Å². The topological polar surface area (TPSA) is 77.2 Å².